The van der Waals surface area contributed by atoms with E-state index in [2.05, 4.69) is 12.2 Å². The molecule has 0 radical (unpaired) electrons. The van der Waals surface area contributed by atoms with E-state index < -0.39 is 0 Å². The van der Waals surface area contributed by atoms with Gasteiger partial charge < -0.3 is 19.7 Å². The highest BCUT2D eigenvalue weighted by Crippen LogP contribution is 2.18. The number of hydrogen-bond acceptors (Lipinski definition) is 4. The highest BCUT2D eigenvalue weighted by Gasteiger charge is 2.25. The molecule has 1 fully saturated rings. The monoisotopic (exact) mass is 300 g/mol. The van der Waals surface area contributed by atoms with Crippen LogP contribution in [0.2, 0.25) is 0 Å². The highest BCUT2D eigenvalue weighted by atomic mass is 16.5. The lowest BCUT2D eigenvalue weighted by molar-refractivity contribution is -0.133. The summed E-state index contributed by atoms with van der Waals surface area (Å²) >= 11 is 0. The molecule has 0 spiro atoms. The smallest absolute Gasteiger partial charge is 0.224 e. The maximum absolute atomic E-state index is 12.5. The molecule has 2 unspecified atom stereocenters. The van der Waals surface area contributed by atoms with E-state index in [1.807, 2.05) is 18.7 Å². The van der Waals surface area contributed by atoms with Crippen LogP contribution in [0.3, 0.4) is 0 Å². The van der Waals surface area contributed by atoms with Gasteiger partial charge in [0, 0.05) is 38.8 Å². The van der Waals surface area contributed by atoms with Crippen LogP contribution in [0.15, 0.2) is 0 Å². The van der Waals surface area contributed by atoms with Crippen molar-refractivity contribution in [3.63, 3.8) is 0 Å². The van der Waals surface area contributed by atoms with Gasteiger partial charge in [0.05, 0.1) is 13.2 Å². The standard InChI is InChI=1S/C16H32N2O3/c1-4-20-11-9-18(10-12-21-5-2)16(19)13-15-14(3)7-6-8-17-15/h14-15,17H,4-13H2,1-3H3. The van der Waals surface area contributed by atoms with Crippen molar-refractivity contribution in [2.75, 3.05) is 46.1 Å². The molecule has 1 aliphatic heterocycles. The summed E-state index contributed by atoms with van der Waals surface area (Å²) in [6.45, 7) is 11.1. The number of nitrogens with zero attached hydrogens (tertiary/aromatic N) is 1. The van der Waals surface area contributed by atoms with Gasteiger partial charge in [-0.1, -0.05) is 6.92 Å². The van der Waals surface area contributed by atoms with Crippen LogP contribution in [0.5, 0.6) is 0 Å². The zero-order valence-corrected chi connectivity index (χ0v) is 13.9. The van der Waals surface area contributed by atoms with Gasteiger partial charge in [0.1, 0.15) is 0 Å². The van der Waals surface area contributed by atoms with Gasteiger partial charge in [-0.05, 0) is 39.2 Å². The Morgan fingerprint density at radius 2 is 1.81 bits per heavy atom. The quantitative estimate of drug-likeness (QED) is 0.624. The Kier molecular flexibility index (Phi) is 9.63. The Morgan fingerprint density at radius 3 is 2.33 bits per heavy atom. The molecule has 2 atom stereocenters. The SMILES string of the molecule is CCOCCN(CCOCC)C(=O)CC1NCCCC1C. The van der Waals surface area contributed by atoms with Gasteiger partial charge in [0.15, 0.2) is 0 Å². The predicted octanol–water partition coefficient (Wildman–Crippen LogP) is 1.67. The molecule has 0 aliphatic carbocycles. The molecular formula is C16H32N2O3. The minimum atomic E-state index is 0.209. The first-order chi connectivity index (χ1) is 10.2. The number of carbonyl (C=O) groups is 1. The molecule has 0 bridgehead atoms. The molecule has 1 heterocycles. The summed E-state index contributed by atoms with van der Waals surface area (Å²) in [5.74, 6) is 0.781. The molecule has 124 valence electrons. The summed E-state index contributed by atoms with van der Waals surface area (Å²) in [5.41, 5.74) is 0. The van der Waals surface area contributed by atoms with Gasteiger partial charge in [0.2, 0.25) is 5.91 Å². The summed E-state index contributed by atoms with van der Waals surface area (Å²) in [6, 6.07) is 0.313. The average Bonchev–Trinajstić information content (AvgIpc) is 2.48. The topological polar surface area (TPSA) is 50.8 Å². The van der Waals surface area contributed by atoms with Gasteiger partial charge in [-0.25, -0.2) is 0 Å². The molecule has 5 heteroatoms. The lowest BCUT2D eigenvalue weighted by Gasteiger charge is -2.32. The number of amides is 1. The molecule has 21 heavy (non-hydrogen) atoms. The summed E-state index contributed by atoms with van der Waals surface area (Å²) < 4.78 is 10.8. The minimum absolute atomic E-state index is 0.209. The number of ether oxygens (including phenoxy) is 2. The van der Waals surface area contributed by atoms with Crippen LogP contribution in [-0.2, 0) is 14.3 Å². The fraction of sp³-hybridized carbons (Fsp3) is 0.938. The van der Waals surface area contributed by atoms with Crippen molar-refractivity contribution >= 4 is 5.91 Å². The van der Waals surface area contributed by atoms with Gasteiger partial charge in [-0.15, -0.1) is 0 Å². The number of piperidine rings is 1. The van der Waals surface area contributed by atoms with Gasteiger partial charge in [-0.3, -0.25) is 4.79 Å². The van der Waals surface area contributed by atoms with Crippen molar-refractivity contribution in [2.24, 2.45) is 5.92 Å². The molecule has 0 aromatic heterocycles. The number of nitrogens with one attached hydrogen (secondary N) is 1. The predicted molar refractivity (Wildman–Crippen MR) is 84.4 cm³/mol. The summed E-state index contributed by atoms with van der Waals surface area (Å²) in [6.07, 6.45) is 3.01. The number of carbonyl (C=O) groups excluding carboxylic acids is 1. The van der Waals surface area contributed by atoms with Crippen molar-refractivity contribution in [3.8, 4) is 0 Å². The third-order valence-electron chi connectivity index (χ3n) is 4.10. The van der Waals surface area contributed by atoms with Gasteiger partial charge >= 0.3 is 0 Å². The molecule has 1 rings (SSSR count). The second kappa shape index (κ2) is 11.0. The van der Waals surface area contributed by atoms with Gasteiger partial charge in [0.25, 0.3) is 0 Å². The molecule has 0 saturated carbocycles. The Morgan fingerprint density at radius 1 is 1.19 bits per heavy atom. The minimum Gasteiger partial charge on any atom is -0.380 e. The Hall–Kier alpha value is -0.650. The molecular weight excluding hydrogens is 268 g/mol. The first-order valence-electron chi connectivity index (χ1n) is 8.35. The lowest BCUT2D eigenvalue weighted by Crippen LogP contribution is -2.45. The van der Waals surface area contributed by atoms with Crippen LogP contribution >= 0.6 is 0 Å². The Balaban J connectivity index is 2.43. The first-order valence-corrected chi connectivity index (χ1v) is 8.35. The maximum atomic E-state index is 12.5. The number of hydrogen-bond donors (Lipinski definition) is 1. The van der Waals surface area contributed by atoms with E-state index in [-0.39, 0.29) is 5.91 Å². The van der Waals surface area contributed by atoms with Crippen molar-refractivity contribution in [1.82, 2.24) is 10.2 Å². The van der Waals surface area contributed by atoms with E-state index in [1.165, 1.54) is 12.8 Å². The molecule has 1 saturated heterocycles. The second-order valence-electron chi connectivity index (χ2n) is 5.66. The zero-order valence-electron chi connectivity index (χ0n) is 13.9. The Labute approximate surface area is 129 Å². The van der Waals surface area contributed by atoms with E-state index in [0.29, 0.717) is 57.9 Å². The van der Waals surface area contributed by atoms with Crippen molar-refractivity contribution in [1.29, 1.82) is 0 Å². The molecule has 1 aliphatic rings. The fourth-order valence-electron chi connectivity index (χ4n) is 2.70. The first kappa shape index (κ1) is 18.4. The van der Waals surface area contributed by atoms with E-state index in [4.69, 9.17) is 9.47 Å². The van der Waals surface area contributed by atoms with Crippen LogP contribution < -0.4 is 5.32 Å². The summed E-state index contributed by atoms with van der Waals surface area (Å²) in [5, 5.41) is 3.48. The lowest BCUT2D eigenvalue weighted by atomic mass is 9.90. The van der Waals surface area contributed by atoms with Crippen LogP contribution in [0.1, 0.15) is 40.0 Å². The molecule has 1 N–H and O–H groups in total. The van der Waals surface area contributed by atoms with Gasteiger partial charge in [-0.2, -0.15) is 0 Å². The molecule has 0 aromatic carbocycles. The van der Waals surface area contributed by atoms with E-state index in [1.54, 1.807) is 0 Å². The number of rotatable bonds is 10. The Bertz CT molecular complexity index is 277. The van der Waals surface area contributed by atoms with Crippen LogP contribution in [0.4, 0.5) is 0 Å². The molecule has 1 amide bonds. The third-order valence-corrected chi connectivity index (χ3v) is 4.10. The highest BCUT2D eigenvalue weighted by molar-refractivity contribution is 5.76. The van der Waals surface area contributed by atoms with Crippen LogP contribution in [0, 0.1) is 5.92 Å². The van der Waals surface area contributed by atoms with E-state index in [0.717, 1.165) is 6.54 Å². The average molecular weight is 300 g/mol. The maximum Gasteiger partial charge on any atom is 0.224 e. The summed E-state index contributed by atoms with van der Waals surface area (Å²) in [7, 11) is 0. The van der Waals surface area contributed by atoms with Crippen molar-refractivity contribution < 1.29 is 14.3 Å². The fourth-order valence-corrected chi connectivity index (χ4v) is 2.70. The second-order valence-corrected chi connectivity index (χ2v) is 5.66. The molecule has 0 aromatic rings. The van der Waals surface area contributed by atoms with Crippen LogP contribution in [-0.4, -0.2) is 62.9 Å². The normalized spacial score (nSPS) is 22.2. The summed E-state index contributed by atoms with van der Waals surface area (Å²) in [4.78, 5) is 14.4. The van der Waals surface area contributed by atoms with Crippen LogP contribution in [0.25, 0.3) is 0 Å². The van der Waals surface area contributed by atoms with E-state index in [9.17, 15) is 4.79 Å². The third kappa shape index (κ3) is 7.25. The van der Waals surface area contributed by atoms with Crippen molar-refractivity contribution in [3.05, 3.63) is 0 Å². The van der Waals surface area contributed by atoms with Crippen molar-refractivity contribution in [2.45, 2.75) is 46.1 Å². The molecule has 5 nitrogen and oxygen atoms in total. The van der Waals surface area contributed by atoms with E-state index >= 15 is 0 Å². The largest absolute Gasteiger partial charge is 0.380 e. The zero-order chi connectivity index (χ0) is 15.5.